The molecule has 0 bridgehead atoms. The van der Waals surface area contributed by atoms with Crippen molar-refractivity contribution in [1.82, 2.24) is 9.21 Å². The average Bonchev–Trinajstić information content (AvgIpc) is 2.93. The van der Waals surface area contributed by atoms with Crippen LogP contribution < -0.4 is 0 Å². The number of hydrogen-bond donors (Lipinski definition) is 0. The number of morpholine rings is 1. The third-order valence-electron chi connectivity index (χ3n) is 5.02. The Hall–Kier alpha value is -0.950. The van der Waals surface area contributed by atoms with Gasteiger partial charge in [0.15, 0.2) is 0 Å². The van der Waals surface area contributed by atoms with E-state index < -0.39 is 10.0 Å². The van der Waals surface area contributed by atoms with E-state index in [0.717, 1.165) is 37.4 Å². The molecule has 128 valence electrons. The Morgan fingerprint density at radius 3 is 2.52 bits per heavy atom. The number of ether oxygens (including phenoxy) is 1. The Labute approximate surface area is 139 Å². The van der Waals surface area contributed by atoms with Gasteiger partial charge in [-0.25, -0.2) is 8.42 Å². The van der Waals surface area contributed by atoms with Gasteiger partial charge in [-0.15, -0.1) is 0 Å². The number of sulfonamides is 1. The van der Waals surface area contributed by atoms with Gasteiger partial charge in [0.25, 0.3) is 0 Å². The van der Waals surface area contributed by atoms with Gasteiger partial charge in [-0.3, -0.25) is 4.90 Å². The normalized spacial score (nSPS) is 27.4. The minimum atomic E-state index is -3.42. The number of nitrogens with zero attached hydrogens (tertiary/aromatic N) is 2. The van der Waals surface area contributed by atoms with E-state index in [2.05, 4.69) is 11.8 Å². The largest absolute Gasteiger partial charge is 0.379 e. The van der Waals surface area contributed by atoms with Crippen LogP contribution in [0.4, 0.5) is 0 Å². The molecule has 0 spiro atoms. The second kappa shape index (κ2) is 6.51. The van der Waals surface area contributed by atoms with Crippen molar-refractivity contribution >= 4 is 10.0 Å². The molecule has 0 amide bonds. The Kier molecular flexibility index (Phi) is 4.78. The van der Waals surface area contributed by atoms with Crippen LogP contribution >= 0.6 is 0 Å². The SMILES string of the molecule is Cc1ccc(C)c(S(=O)(=O)N2C[C@@H](N3CCOCC3)[C@@H](C)C2)c1. The second-order valence-electron chi connectivity index (χ2n) is 6.78. The summed E-state index contributed by atoms with van der Waals surface area (Å²) in [4.78, 5) is 2.83. The fourth-order valence-corrected chi connectivity index (χ4v) is 5.48. The van der Waals surface area contributed by atoms with E-state index >= 15 is 0 Å². The van der Waals surface area contributed by atoms with Gasteiger partial charge < -0.3 is 4.74 Å². The molecule has 1 aromatic rings. The highest BCUT2D eigenvalue weighted by Gasteiger charge is 2.40. The van der Waals surface area contributed by atoms with Crippen LogP contribution in [0.5, 0.6) is 0 Å². The van der Waals surface area contributed by atoms with Gasteiger partial charge in [0.1, 0.15) is 0 Å². The van der Waals surface area contributed by atoms with E-state index in [0.29, 0.717) is 29.9 Å². The van der Waals surface area contributed by atoms with Crippen LogP contribution in [-0.2, 0) is 14.8 Å². The van der Waals surface area contributed by atoms with Gasteiger partial charge in [-0.05, 0) is 37.0 Å². The van der Waals surface area contributed by atoms with Crippen LogP contribution in [0.3, 0.4) is 0 Å². The maximum Gasteiger partial charge on any atom is 0.243 e. The van der Waals surface area contributed by atoms with Crippen LogP contribution in [0, 0.1) is 19.8 Å². The van der Waals surface area contributed by atoms with Crippen molar-refractivity contribution in [3.05, 3.63) is 29.3 Å². The van der Waals surface area contributed by atoms with Crippen molar-refractivity contribution < 1.29 is 13.2 Å². The Balaban J connectivity index is 1.82. The maximum atomic E-state index is 13.1. The summed E-state index contributed by atoms with van der Waals surface area (Å²) in [7, 11) is -3.42. The van der Waals surface area contributed by atoms with Crippen LogP contribution in [0.1, 0.15) is 18.1 Å². The molecule has 3 rings (SSSR count). The Morgan fingerprint density at radius 1 is 1.13 bits per heavy atom. The third-order valence-corrected chi connectivity index (χ3v) is 6.99. The van der Waals surface area contributed by atoms with Crippen LogP contribution in [0.15, 0.2) is 23.1 Å². The first-order chi connectivity index (χ1) is 10.9. The van der Waals surface area contributed by atoms with Crippen molar-refractivity contribution in [2.45, 2.75) is 31.7 Å². The van der Waals surface area contributed by atoms with Crippen LogP contribution in [0.25, 0.3) is 0 Å². The zero-order valence-electron chi connectivity index (χ0n) is 14.2. The van der Waals surface area contributed by atoms with Gasteiger partial charge in [-0.2, -0.15) is 4.31 Å². The molecule has 0 saturated carbocycles. The van der Waals surface area contributed by atoms with Crippen molar-refractivity contribution in [2.24, 2.45) is 5.92 Å². The highest BCUT2D eigenvalue weighted by atomic mass is 32.2. The first-order valence-electron chi connectivity index (χ1n) is 8.29. The number of rotatable bonds is 3. The molecular formula is C17H26N2O3S. The lowest BCUT2D eigenvalue weighted by molar-refractivity contribution is 0.0126. The highest BCUT2D eigenvalue weighted by molar-refractivity contribution is 7.89. The lowest BCUT2D eigenvalue weighted by Crippen LogP contribution is -2.47. The summed E-state index contributed by atoms with van der Waals surface area (Å²) in [6, 6.07) is 5.93. The van der Waals surface area contributed by atoms with E-state index in [1.165, 1.54) is 0 Å². The van der Waals surface area contributed by atoms with Gasteiger partial charge in [-0.1, -0.05) is 19.1 Å². The van der Waals surface area contributed by atoms with E-state index in [1.807, 2.05) is 26.0 Å². The van der Waals surface area contributed by atoms with E-state index in [-0.39, 0.29) is 0 Å². The smallest absolute Gasteiger partial charge is 0.243 e. The standard InChI is InChI=1S/C17H26N2O3S/c1-13-4-5-14(2)17(10-13)23(20,21)19-11-15(3)16(12-19)18-6-8-22-9-7-18/h4-5,10,15-16H,6-9,11-12H2,1-3H3/t15-,16+/m0/s1. The summed E-state index contributed by atoms with van der Waals surface area (Å²) in [6.45, 7) is 10.4. The zero-order chi connectivity index (χ0) is 16.6. The minimum absolute atomic E-state index is 0.291. The Morgan fingerprint density at radius 2 is 1.83 bits per heavy atom. The first kappa shape index (κ1) is 16.9. The van der Waals surface area contributed by atoms with Crippen molar-refractivity contribution in [3.8, 4) is 0 Å². The molecule has 2 aliphatic rings. The molecule has 2 heterocycles. The first-order valence-corrected chi connectivity index (χ1v) is 9.73. The lowest BCUT2D eigenvalue weighted by Gasteiger charge is -2.34. The van der Waals surface area contributed by atoms with Gasteiger partial charge in [0.2, 0.25) is 10.0 Å². The van der Waals surface area contributed by atoms with Crippen molar-refractivity contribution in [2.75, 3.05) is 39.4 Å². The molecule has 0 aromatic heterocycles. The third kappa shape index (κ3) is 3.31. The quantitative estimate of drug-likeness (QED) is 0.841. The molecule has 2 fully saturated rings. The molecule has 0 N–H and O–H groups in total. The molecule has 0 unspecified atom stereocenters. The monoisotopic (exact) mass is 338 g/mol. The molecule has 2 saturated heterocycles. The van der Waals surface area contributed by atoms with E-state index in [9.17, 15) is 8.42 Å². The summed E-state index contributed by atoms with van der Waals surface area (Å²) in [5.74, 6) is 0.341. The number of benzene rings is 1. The molecule has 1 aromatic carbocycles. The number of hydrogen-bond acceptors (Lipinski definition) is 4. The second-order valence-corrected chi connectivity index (χ2v) is 8.69. The summed E-state index contributed by atoms with van der Waals surface area (Å²) < 4.78 is 33.2. The van der Waals surface area contributed by atoms with Crippen LogP contribution in [-0.4, -0.2) is 63.1 Å². The molecular weight excluding hydrogens is 312 g/mol. The minimum Gasteiger partial charge on any atom is -0.379 e. The van der Waals surface area contributed by atoms with E-state index in [4.69, 9.17) is 4.74 Å². The van der Waals surface area contributed by atoms with E-state index in [1.54, 1.807) is 10.4 Å². The fraction of sp³-hybridized carbons (Fsp3) is 0.647. The maximum absolute atomic E-state index is 13.1. The Bertz CT molecular complexity index is 668. The molecule has 2 atom stereocenters. The summed E-state index contributed by atoms with van der Waals surface area (Å²) in [5.41, 5.74) is 1.80. The predicted octanol–water partition coefficient (Wildman–Crippen LogP) is 1.64. The summed E-state index contributed by atoms with van der Waals surface area (Å²) >= 11 is 0. The van der Waals surface area contributed by atoms with Gasteiger partial charge >= 0.3 is 0 Å². The fourth-order valence-electron chi connectivity index (χ4n) is 3.61. The van der Waals surface area contributed by atoms with Crippen LogP contribution in [0.2, 0.25) is 0 Å². The average molecular weight is 338 g/mol. The molecule has 2 aliphatic heterocycles. The molecule has 6 heteroatoms. The van der Waals surface area contributed by atoms with Crippen molar-refractivity contribution in [3.63, 3.8) is 0 Å². The molecule has 0 radical (unpaired) electrons. The predicted molar refractivity (Wildman–Crippen MR) is 90.0 cm³/mol. The molecule has 23 heavy (non-hydrogen) atoms. The topological polar surface area (TPSA) is 49.9 Å². The zero-order valence-corrected chi connectivity index (χ0v) is 15.0. The highest BCUT2D eigenvalue weighted by Crippen LogP contribution is 2.29. The van der Waals surface area contributed by atoms with Gasteiger partial charge in [0, 0.05) is 32.2 Å². The van der Waals surface area contributed by atoms with Gasteiger partial charge in [0.05, 0.1) is 18.1 Å². The summed E-state index contributed by atoms with van der Waals surface area (Å²) in [6.07, 6.45) is 0. The molecule has 5 nitrogen and oxygen atoms in total. The lowest BCUT2D eigenvalue weighted by atomic mass is 10.0. The van der Waals surface area contributed by atoms with Crippen molar-refractivity contribution in [1.29, 1.82) is 0 Å². The molecule has 0 aliphatic carbocycles. The number of aryl methyl sites for hydroxylation is 2. The summed E-state index contributed by atoms with van der Waals surface area (Å²) in [5, 5.41) is 0.